The van der Waals surface area contributed by atoms with Gasteiger partial charge in [0.2, 0.25) is 0 Å². The van der Waals surface area contributed by atoms with Crippen LogP contribution in [0.5, 0.6) is 0 Å². The van der Waals surface area contributed by atoms with E-state index in [9.17, 15) is 17.2 Å². The summed E-state index contributed by atoms with van der Waals surface area (Å²) < 4.78 is 50.4. The van der Waals surface area contributed by atoms with Crippen LogP contribution >= 0.6 is 0 Å². The number of hydrogen-bond donors (Lipinski definition) is 1. The summed E-state index contributed by atoms with van der Waals surface area (Å²) in [6.45, 7) is 0. The number of rotatable bonds is 2. The highest BCUT2D eigenvalue weighted by atomic mass is 32.2. The molecule has 0 heterocycles. The normalized spacial score (nSPS) is 11.5. The smallest absolute Gasteiger partial charge is 0.175 e. The Labute approximate surface area is 109 Å². The number of nitrogen functional groups attached to an aromatic ring is 1. The van der Waals surface area contributed by atoms with E-state index in [-0.39, 0.29) is 21.7 Å². The van der Waals surface area contributed by atoms with E-state index < -0.39 is 21.5 Å². The molecular weight excluding hydrogens is 272 g/mol. The average molecular weight is 283 g/mol. The monoisotopic (exact) mass is 283 g/mol. The topological polar surface area (TPSA) is 60.2 Å². The molecule has 0 radical (unpaired) electrons. The molecule has 3 nitrogen and oxygen atoms in total. The van der Waals surface area contributed by atoms with Gasteiger partial charge in [-0.3, -0.25) is 0 Å². The van der Waals surface area contributed by atoms with E-state index in [1.54, 1.807) is 0 Å². The van der Waals surface area contributed by atoms with E-state index in [1.165, 1.54) is 24.3 Å². The Kier molecular flexibility index (Phi) is 3.28. The summed E-state index contributed by atoms with van der Waals surface area (Å²) in [6.07, 6.45) is 1.03. The molecule has 0 bridgehead atoms. The van der Waals surface area contributed by atoms with Gasteiger partial charge in [-0.2, -0.15) is 0 Å². The van der Waals surface area contributed by atoms with E-state index >= 15 is 0 Å². The molecule has 2 rings (SSSR count). The van der Waals surface area contributed by atoms with Crippen LogP contribution in [0.3, 0.4) is 0 Å². The first kappa shape index (κ1) is 13.5. The van der Waals surface area contributed by atoms with Gasteiger partial charge in [-0.25, -0.2) is 17.2 Å². The Hall–Kier alpha value is -1.95. The number of sulfone groups is 1. The second-order valence-corrected chi connectivity index (χ2v) is 6.14. The molecule has 100 valence electrons. The number of anilines is 1. The van der Waals surface area contributed by atoms with Crippen molar-refractivity contribution in [3.05, 3.63) is 48.0 Å². The van der Waals surface area contributed by atoms with Gasteiger partial charge in [0, 0.05) is 6.26 Å². The maximum atomic E-state index is 13.9. The molecular formula is C13H11F2NO2S. The Balaban J connectivity index is 2.70. The van der Waals surface area contributed by atoms with Crippen LogP contribution in [0.1, 0.15) is 0 Å². The fourth-order valence-electron chi connectivity index (χ4n) is 1.72. The number of hydrogen-bond acceptors (Lipinski definition) is 3. The highest BCUT2D eigenvalue weighted by Crippen LogP contribution is 2.30. The van der Waals surface area contributed by atoms with Crippen molar-refractivity contribution in [3.63, 3.8) is 0 Å². The van der Waals surface area contributed by atoms with Crippen molar-refractivity contribution in [1.29, 1.82) is 0 Å². The SMILES string of the molecule is CS(=O)(=O)c1cccc(-c2c(F)ccc(N)c2F)c1. The Bertz CT molecular complexity index is 742. The largest absolute Gasteiger partial charge is 0.396 e. The molecule has 0 atom stereocenters. The summed E-state index contributed by atoms with van der Waals surface area (Å²) in [5, 5.41) is 0. The number of benzene rings is 2. The van der Waals surface area contributed by atoms with Crippen molar-refractivity contribution in [2.24, 2.45) is 0 Å². The molecule has 6 heteroatoms. The van der Waals surface area contributed by atoms with Crippen molar-refractivity contribution >= 4 is 15.5 Å². The first-order valence-electron chi connectivity index (χ1n) is 5.34. The minimum absolute atomic E-state index is 0.00813. The number of halogens is 2. The van der Waals surface area contributed by atoms with E-state index in [0.717, 1.165) is 18.4 Å². The highest BCUT2D eigenvalue weighted by Gasteiger charge is 2.16. The summed E-state index contributed by atoms with van der Waals surface area (Å²) in [5.41, 5.74) is 5.00. The molecule has 0 saturated heterocycles. The molecule has 0 saturated carbocycles. The Morgan fingerprint density at radius 2 is 1.79 bits per heavy atom. The van der Waals surface area contributed by atoms with E-state index in [2.05, 4.69) is 0 Å². The van der Waals surface area contributed by atoms with Crippen LogP contribution in [0.2, 0.25) is 0 Å². The first-order valence-corrected chi connectivity index (χ1v) is 7.24. The van der Waals surface area contributed by atoms with Gasteiger partial charge in [-0.05, 0) is 29.8 Å². The molecule has 0 aliphatic rings. The van der Waals surface area contributed by atoms with Crippen molar-refractivity contribution in [2.75, 3.05) is 12.0 Å². The molecule has 2 aromatic rings. The van der Waals surface area contributed by atoms with Crippen LogP contribution in [-0.2, 0) is 9.84 Å². The van der Waals surface area contributed by atoms with Crippen LogP contribution < -0.4 is 5.73 Å². The Morgan fingerprint density at radius 1 is 1.11 bits per heavy atom. The van der Waals surface area contributed by atoms with Crippen molar-refractivity contribution in [2.45, 2.75) is 4.90 Å². The molecule has 2 N–H and O–H groups in total. The molecule has 2 aromatic carbocycles. The lowest BCUT2D eigenvalue weighted by atomic mass is 10.0. The average Bonchev–Trinajstić information content (AvgIpc) is 2.34. The predicted molar refractivity (Wildman–Crippen MR) is 69.3 cm³/mol. The van der Waals surface area contributed by atoms with Gasteiger partial charge in [-0.15, -0.1) is 0 Å². The zero-order valence-corrected chi connectivity index (χ0v) is 10.8. The highest BCUT2D eigenvalue weighted by molar-refractivity contribution is 7.90. The molecule has 0 fully saturated rings. The van der Waals surface area contributed by atoms with E-state index in [1.807, 2.05) is 0 Å². The molecule has 0 aliphatic heterocycles. The molecule has 19 heavy (non-hydrogen) atoms. The maximum Gasteiger partial charge on any atom is 0.175 e. The van der Waals surface area contributed by atoms with Gasteiger partial charge in [0.25, 0.3) is 0 Å². The van der Waals surface area contributed by atoms with Crippen LogP contribution in [-0.4, -0.2) is 14.7 Å². The van der Waals surface area contributed by atoms with Crippen LogP contribution in [0.25, 0.3) is 11.1 Å². The fraction of sp³-hybridized carbons (Fsp3) is 0.0769. The van der Waals surface area contributed by atoms with E-state index in [4.69, 9.17) is 5.73 Å². The van der Waals surface area contributed by atoms with Crippen LogP contribution in [0.4, 0.5) is 14.5 Å². The second kappa shape index (κ2) is 4.62. The van der Waals surface area contributed by atoms with Crippen molar-refractivity contribution < 1.29 is 17.2 Å². The molecule has 0 unspecified atom stereocenters. The van der Waals surface area contributed by atoms with Gasteiger partial charge in [0.1, 0.15) is 5.82 Å². The number of nitrogens with two attached hydrogens (primary N) is 1. The van der Waals surface area contributed by atoms with Crippen molar-refractivity contribution in [1.82, 2.24) is 0 Å². The lowest BCUT2D eigenvalue weighted by Gasteiger charge is -2.08. The summed E-state index contributed by atoms with van der Waals surface area (Å²) in [5.74, 6) is -1.69. The van der Waals surface area contributed by atoms with Gasteiger partial charge in [0.15, 0.2) is 15.7 Å². The van der Waals surface area contributed by atoms with Crippen LogP contribution in [0.15, 0.2) is 41.3 Å². The van der Waals surface area contributed by atoms with Gasteiger partial charge in [-0.1, -0.05) is 12.1 Å². The summed E-state index contributed by atoms with van der Waals surface area (Å²) in [4.78, 5) is -0.00813. The maximum absolute atomic E-state index is 13.9. The third kappa shape index (κ3) is 2.58. The minimum Gasteiger partial charge on any atom is -0.396 e. The van der Waals surface area contributed by atoms with Crippen LogP contribution in [0, 0.1) is 11.6 Å². The van der Waals surface area contributed by atoms with Gasteiger partial charge < -0.3 is 5.73 Å². The third-order valence-corrected chi connectivity index (χ3v) is 3.78. The zero-order valence-electron chi connectivity index (χ0n) is 10.0. The van der Waals surface area contributed by atoms with Gasteiger partial charge >= 0.3 is 0 Å². The molecule has 0 spiro atoms. The second-order valence-electron chi connectivity index (χ2n) is 4.13. The Morgan fingerprint density at radius 3 is 2.42 bits per heavy atom. The zero-order chi connectivity index (χ0) is 14.2. The lowest BCUT2D eigenvalue weighted by molar-refractivity contribution is 0.591. The third-order valence-electron chi connectivity index (χ3n) is 2.67. The molecule has 0 aromatic heterocycles. The summed E-state index contributed by atoms with van der Waals surface area (Å²) in [7, 11) is -3.45. The summed E-state index contributed by atoms with van der Waals surface area (Å²) >= 11 is 0. The fourth-order valence-corrected chi connectivity index (χ4v) is 2.38. The molecule has 0 amide bonds. The van der Waals surface area contributed by atoms with E-state index in [0.29, 0.717) is 0 Å². The first-order chi connectivity index (χ1) is 8.80. The minimum atomic E-state index is -3.45. The van der Waals surface area contributed by atoms with Gasteiger partial charge in [0.05, 0.1) is 16.1 Å². The van der Waals surface area contributed by atoms with Crippen molar-refractivity contribution in [3.8, 4) is 11.1 Å². The lowest BCUT2D eigenvalue weighted by Crippen LogP contribution is -1.99. The quantitative estimate of drug-likeness (QED) is 0.862. The predicted octanol–water partition coefficient (Wildman–Crippen LogP) is 2.62. The summed E-state index contributed by atoms with van der Waals surface area (Å²) in [6, 6.07) is 7.59. The molecule has 0 aliphatic carbocycles. The standard InChI is InChI=1S/C13H11F2NO2S/c1-19(17,18)9-4-2-3-8(7-9)12-10(14)5-6-11(16)13(12)15/h2-7H,16H2,1H3.